The lowest BCUT2D eigenvalue weighted by molar-refractivity contribution is -0.138. The number of halogens is 4. The van der Waals surface area contributed by atoms with Crippen molar-refractivity contribution in [3.8, 4) is 0 Å². The predicted octanol–water partition coefficient (Wildman–Crippen LogP) is 5.28. The van der Waals surface area contributed by atoms with Gasteiger partial charge in [-0.05, 0) is 53.1 Å². The van der Waals surface area contributed by atoms with Gasteiger partial charge >= 0.3 is 5.97 Å². The second-order valence-corrected chi connectivity index (χ2v) is 9.38. The zero-order chi connectivity index (χ0) is 25.1. The molecule has 0 bridgehead atoms. The van der Waals surface area contributed by atoms with E-state index in [0.29, 0.717) is 23.1 Å². The van der Waals surface area contributed by atoms with Gasteiger partial charge in [0.05, 0.1) is 12.0 Å². The molecule has 0 aromatic heterocycles. The molecular formula is C26H22Cl2F2N2O3. The lowest BCUT2D eigenvalue weighted by Crippen LogP contribution is -2.53. The minimum atomic E-state index is -1.21. The lowest BCUT2D eigenvalue weighted by atomic mass is 9.78. The summed E-state index contributed by atoms with van der Waals surface area (Å²) in [5.41, 5.74) is 2.14. The van der Waals surface area contributed by atoms with Crippen molar-refractivity contribution in [2.24, 2.45) is 5.92 Å². The van der Waals surface area contributed by atoms with Crippen LogP contribution in [0.25, 0.3) is 0 Å². The van der Waals surface area contributed by atoms with Gasteiger partial charge in [0.25, 0.3) is 0 Å². The van der Waals surface area contributed by atoms with Crippen LogP contribution in [0, 0.1) is 17.6 Å². The van der Waals surface area contributed by atoms with E-state index < -0.39 is 36.0 Å². The highest BCUT2D eigenvalue weighted by Crippen LogP contribution is 2.40. The molecular weight excluding hydrogens is 497 g/mol. The Morgan fingerprint density at radius 1 is 0.886 bits per heavy atom. The highest BCUT2D eigenvalue weighted by Gasteiger charge is 2.42. The quantitative estimate of drug-likeness (QED) is 0.425. The van der Waals surface area contributed by atoms with Crippen LogP contribution in [0.2, 0.25) is 10.0 Å². The van der Waals surface area contributed by atoms with E-state index in [0.717, 1.165) is 29.3 Å². The van der Waals surface area contributed by atoms with E-state index in [4.69, 9.17) is 28.3 Å². The van der Waals surface area contributed by atoms with Gasteiger partial charge in [-0.25, -0.2) is 8.78 Å². The number of amides is 1. The van der Waals surface area contributed by atoms with Crippen molar-refractivity contribution in [2.45, 2.75) is 12.0 Å². The Hall–Kier alpha value is -3.00. The number of carboxylic acids is 1. The SMILES string of the molecule is O=C(O)CNC(=O)C(c1cc(F)cc(F)c1)C1CN(C(c2ccc(Cl)cc2)c2ccc(Cl)cc2)C1. The third kappa shape index (κ3) is 5.99. The van der Waals surface area contributed by atoms with Gasteiger partial charge in [0.15, 0.2) is 0 Å². The van der Waals surface area contributed by atoms with Crippen LogP contribution in [0.5, 0.6) is 0 Å². The summed E-state index contributed by atoms with van der Waals surface area (Å²) in [6.45, 7) is 0.306. The highest BCUT2D eigenvalue weighted by molar-refractivity contribution is 6.30. The molecule has 1 aliphatic rings. The van der Waals surface area contributed by atoms with Crippen LogP contribution in [-0.2, 0) is 9.59 Å². The molecule has 1 saturated heterocycles. The molecule has 1 amide bonds. The van der Waals surface area contributed by atoms with Crippen molar-refractivity contribution in [3.05, 3.63) is 105 Å². The van der Waals surface area contributed by atoms with Crippen molar-refractivity contribution in [3.63, 3.8) is 0 Å². The number of nitrogens with zero attached hydrogens (tertiary/aromatic N) is 1. The van der Waals surface area contributed by atoms with Crippen molar-refractivity contribution < 1.29 is 23.5 Å². The Labute approximate surface area is 211 Å². The van der Waals surface area contributed by atoms with Gasteiger partial charge in [-0.2, -0.15) is 0 Å². The molecule has 4 rings (SSSR count). The fourth-order valence-corrected chi connectivity index (χ4v) is 4.79. The van der Waals surface area contributed by atoms with Crippen LogP contribution in [0.3, 0.4) is 0 Å². The Morgan fingerprint density at radius 2 is 1.37 bits per heavy atom. The first-order valence-corrected chi connectivity index (χ1v) is 11.7. The number of carboxylic acid groups (broad SMARTS) is 1. The Bertz CT molecular complexity index is 1150. The number of benzene rings is 3. The average molecular weight is 519 g/mol. The molecule has 3 aromatic carbocycles. The number of hydrogen-bond donors (Lipinski definition) is 2. The number of hydrogen-bond acceptors (Lipinski definition) is 3. The second kappa shape index (κ2) is 10.7. The van der Waals surface area contributed by atoms with Gasteiger partial charge in [-0.15, -0.1) is 0 Å². The standard InChI is InChI=1S/C26H22Cl2F2N2O3/c27-19-5-1-15(2-6-19)25(16-3-7-20(28)8-4-16)32-13-18(14-32)24(26(35)31-12-23(33)34)17-9-21(29)11-22(30)10-17/h1-11,18,24-25H,12-14H2,(H,31,35)(H,33,34). The molecule has 9 heteroatoms. The molecule has 35 heavy (non-hydrogen) atoms. The van der Waals surface area contributed by atoms with E-state index in [9.17, 15) is 18.4 Å². The average Bonchev–Trinajstić information content (AvgIpc) is 2.77. The van der Waals surface area contributed by atoms with Crippen molar-refractivity contribution >= 4 is 35.1 Å². The van der Waals surface area contributed by atoms with E-state index in [2.05, 4.69) is 10.2 Å². The summed E-state index contributed by atoms with van der Waals surface area (Å²) < 4.78 is 27.9. The molecule has 1 heterocycles. The summed E-state index contributed by atoms with van der Waals surface area (Å²) in [5, 5.41) is 12.5. The van der Waals surface area contributed by atoms with Gasteiger partial charge in [0.2, 0.25) is 5.91 Å². The molecule has 182 valence electrons. The third-order valence-corrected chi connectivity index (χ3v) is 6.59. The van der Waals surface area contributed by atoms with Crippen molar-refractivity contribution in [2.75, 3.05) is 19.6 Å². The zero-order valence-corrected chi connectivity index (χ0v) is 19.9. The largest absolute Gasteiger partial charge is 0.480 e. The summed E-state index contributed by atoms with van der Waals surface area (Å²) in [7, 11) is 0. The molecule has 2 N–H and O–H groups in total. The van der Waals surface area contributed by atoms with Gasteiger partial charge in [-0.1, -0.05) is 47.5 Å². The Kier molecular flexibility index (Phi) is 7.69. The first-order chi connectivity index (χ1) is 16.7. The monoisotopic (exact) mass is 518 g/mol. The number of carbonyl (C=O) groups is 2. The molecule has 0 aliphatic carbocycles. The third-order valence-electron chi connectivity index (χ3n) is 6.09. The number of carbonyl (C=O) groups excluding carboxylic acids is 1. The van der Waals surface area contributed by atoms with E-state index >= 15 is 0 Å². The van der Waals surface area contributed by atoms with E-state index in [1.54, 1.807) is 24.3 Å². The fourth-order valence-electron chi connectivity index (χ4n) is 4.54. The molecule has 1 atom stereocenters. The normalized spacial score (nSPS) is 15.0. The smallest absolute Gasteiger partial charge is 0.322 e. The van der Waals surface area contributed by atoms with Gasteiger partial charge < -0.3 is 10.4 Å². The summed E-state index contributed by atoms with van der Waals surface area (Å²) in [5.74, 6) is -4.58. The van der Waals surface area contributed by atoms with Crippen LogP contribution >= 0.6 is 23.2 Å². The molecule has 0 radical (unpaired) electrons. The molecule has 0 spiro atoms. The maximum Gasteiger partial charge on any atom is 0.322 e. The van der Waals surface area contributed by atoms with Gasteiger partial charge in [-0.3, -0.25) is 14.5 Å². The molecule has 1 unspecified atom stereocenters. The number of aliphatic carboxylic acids is 1. The topological polar surface area (TPSA) is 69.6 Å². The number of rotatable bonds is 8. The van der Waals surface area contributed by atoms with E-state index in [-0.39, 0.29) is 17.5 Å². The molecule has 0 saturated carbocycles. The van der Waals surface area contributed by atoms with Crippen LogP contribution in [0.4, 0.5) is 8.78 Å². The van der Waals surface area contributed by atoms with Gasteiger partial charge in [0, 0.05) is 35.1 Å². The number of likely N-dealkylation sites (tertiary alicyclic amines) is 1. The van der Waals surface area contributed by atoms with Crippen molar-refractivity contribution in [1.82, 2.24) is 10.2 Å². The molecule has 5 nitrogen and oxygen atoms in total. The first kappa shape index (κ1) is 25.1. The highest BCUT2D eigenvalue weighted by atomic mass is 35.5. The van der Waals surface area contributed by atoms with E-state index in [1.807, 2.05) is 24.3 Å². The maximum atomic E-state index is 14.0. The van der Waals surface area contributed by atoms with Crippen LogP contribution < -0.4 is 5.32 Å². The second-order valence-electron chi connectivity index (χ2n) is 8.51. The van der Waals surface area contributed by atoms with Crippen LogP contribution in [-0.4, -0.2) is 41.5 Å². The summed E-state index contributed by atoms with van der Waals surface area (Å²) >= 11 is 12.2. The first-order valence-electron chi connectivity index (χ1n) is 10.9. The summed E-state index contributed by atoms with van der Waals surface area (Å²) in [4.78, 5) is 26.0. The minimum Gasteiger partial charge on any atom is -0.480 e. The molecule has 1 fully saturated rings. The summed E-state index contributed by atoms with van der Waals surface area (Å²) in [6, 6.07) is 17.7. The molecule has 3 aromatic rings. The predicted molar refractivity (Wildman–Crippen MR) is 130 cm³/mol. The minimum absolute atomic E-state index is 0.159. The van der Waals surface area contributed by atoms with Crippen LogP contribution in [0.15, 0.2) is 66.7 Å². The zero-order valence-electron chi connectivity index (χ0n) is 18.4. The Balaban J connectivity index is 1.62. The Morgan fingerprint density at radius 3 is 1.83 bits per heavy atom. The summed E-state index contributed by atoms with van der Waals surface area (Å²) in [6.07, 6.45) is 0. The molecule has 1 aliphatic heterocycles. The van der Waals surface area contributed by atoms with Gasteiger partial charge in [0.1, 0.15) is 18.2 Å². The number of nitrogens with one attached hydrogen (secondary N) is 1. The fraction of sp³-hybridized carbons (Fsp3) is 0.231. The lowest BCUT2D eigenvalue weighted by Gasteiger charge is -2.47. The van der Waals surface area contributed by atoms with Crippen LogP contribution in [0.1, 0.15) is 28.7 Å². The van der Waals surface area contributed by atoms with Crippen molar-refractivity contribution in [1.29, 1.82) is 0 Å². The van der Waals surface area contributed by atoms with E-state index in [1.165, 1.54) is 0 Å². The maximum absolute atomic E-state index is 14.0.